The maximum Gasteiger partial charge on any atom is 0.321 e. The number of amides is 3. The number of methoxy groups -OCH3 is 1. The van der Waals surface area contributed by atoms with Gasteiger partial charge in [0.2, 0.25) is 0 Å². The number of carbonyl (C=O) groups is 2. The number of piperazine rings is 1. The number of hydrogen-bond acceptors (Lipinski definition) is 4. The highest BCUT2D eigenvalue weighted by Gasteiger charge is 2.23. The van der Waals surface area contributed by atoms with Crippen LogP contribution in [0.5, 0.6) is 5.75 Å². The van der Waals surface area contributed by atoms with Crippen LogP contribution >= 0.6 is 0 Å². The zero-order valence-electron chi connectivity index (χ0n) is 18.3. The first-order chi connectivity index (χ1) is 16.0. The number of nitrogens with one attached hydrogen (secondary N) is 2. The van der Waals surface area contributed by atoms with Gasteiger partial charge in [0.05, 0.1) is 12.8 Å². The molecule has 0 atom stereocenters. The predicted octanol–water partition coefficient (Wildman–Crippen LogP) is 4.44. The Bertz CT molecular complexity index is 1150. The minimum atomic E-state index is -0.431. The standard InChI is InChI=1S/C25H25FN4O3/c1-33-23-11-3-2-10-22(23)29-12-14-30(15-13-29)25(32)28-20-8-4-6-18(16-20)24(31)27-21-9-5-7-19(26)17-21/h2-11,16-17H,12-15H2,1H3,(H,27,31)(H,28,32). The lowest BCUT2D eigenvalue weighted by atomic mass is 10.2. The van der Waals surface area contributed by atoms with Crippen molar-refractivity contribution in [2.24, 2.45) is 0 Å². The smallest absolute Gasteiger partial charge is 0.321 e. The van der Waals surface area contributed by atoms with Gasteiger partial charge in [0.25, 0.3) is 5.91 Å². The first-order valence-electron chi connectivity index (χ1n) is 10.6. The van der Waals surface area contributed by atoms with Crippen LogP contribution in [0.2, 0.25) is 0 Å². The van der Waals surface area contributed by atoms with Crippen LogP contribution < -0.4 is 20.3 Å². The highest BCUT2D eigenvalue weighted by molar-refractivity contribution is 6.05. The average Bonchev–Trinajstić information content (AvgIpc) is 2.84. The minimum Gasteiger partial charge on any atom is -0.495 e. The molecule has 1 heterocycles. The zero-order chi connectivity index (χ0) is 23.2. The summed E-state index contributed by atoms with van der Waals surface area (Å²) in [6.07, 6.45) is 0. The van der Waals surface area contributed by atoms with E-state index in [1.807, 2.05) is 24.3 Å². The number of halogens is 1. The summed E-state index contributed by atoms with van der Waals surface area (Å²) in [6, 6.07) is 19.9. The summed E-state index contributed by atoms with van der Waals surface area (Å²) in [5.74, 6) is -0.00882. The normalized spacial score (nSPS) is 13.4. The molecule has 33 heavy (non-hydrogen) atoms. The van der Waals surface area contributed by atoms with Gasteiger partial charge in [-0.05, 0) is 48.5 Å². The molecule has 1 saturated heterocycles. The van der Waals surface area contributed by atoms with Gasteiger partial charge in [-0.3, -0.25) is 4.79 Å². The number of urea groups is 1. The zero-order valence-corrected chi connectivity index (χ0v) is 18.3. The summed E-state index contributed by atoms with van der Waals surface area (Å²) in [6.45, 7) is 2.49. The van der Waals surface area contributed by atoms with Gasteiger partial charge in [-0.1, -0.05) is 24.3 Å². The second-order valence-corrected chi connectivity index (χ2v) is 7.62. The second kappa shape index (κ2) is 10.0. The van der Waals surface area contributed by atoms with Gasteiger partial charge in [0, 0.05) is 43.1 Å². The molecule has 0 unspecified atom stereocenters. The van der Waals surface area contributed by atoms with Crippen molar-refractivity contribution in [1.29, 1.82) is 0 Å². The molecule has 0 aromatic heterocycles. The number of hydrogen-bond donors (Lipinski definition) is 2. The number of nitrogens with zero attached hydrogens (tertiary/aromatic N) is 2. The summed E-state index contributed by atoms with van der Waals surface area (Å²) in [7, 11) is 1.65. The van der Waals surface area contributed by atoms with E-state index in [0.717, 1.165) is 11.4 Å². The van der Waals surface area contributed by atoms with Crippen molar-refractivity contribution in [2.45, 2.75) is 0 Å². The number of rotatable bonds is 5. The van der Waals surface area contributed by atoms with E-state index in [1.54, 1.807) is 42.3 Å². The van der Waals surface area contributed by atoms with E-state index in [0.29, 0.717) is 43.1 Å². The number of para-hydroxylation sites is 2. The Balaban J connectivity index is 1.35. The molecule has 4 rings (SSSR count). The van der Waals surface area contributed by atoms with Gasteiger partial charge in [0.15, 0.2) is 0 Å². The molecular formula is C25H25FN4O3. The van der Waals surface area contributed by atoms with Gasteiger partial charge in [-0.25, -0.2) is 9.18 Å². The molecule has 0 radical (unpaired) electrons. The number of benzene rings is 3. The molecule has 3 aromatic rings. The lowest BCUT2D eigenvalue weighted by molar-refractivity contribution is 0.102. The molecule has 1 aliphatic rings. The van der Waals surface area contributed by atoms with Crippen LogP contribution in [0.15, 0.2) is 72.8 Å². The molecule has 2 N–H and O–H groups in total. The minimum absolute atomic E-state index is 0.225. The van der Waals surface area contributed by atoms with Crippen molar-refractivity contribution in [3.05, 3.63) is 84.2 Å². The highest BCUT2D eigenvalue weighted by atomic mass is 19.1. The van der Waals surface area contributed by atoms with Gasteiger partial charge in [-0.2, -0.15) is 0 Å². The van der Waals surface area contributed by atoms with E-state index in [4.69, 9.17) is 4.74 Å². The summed E-state index contributed by atoms with van der Waals surface area (Å²) in [5, 5.41) is 5.52. The van der Waals surface area contributed by atoms with E-state index in [-0.39, 0.29) is 11.9 Å². The Kier molecular flexibility index (Phi) is 6.73. The third-order valence-corrected chi connectivity index (χ3v) is 5.45. The quantitative estimate of drug-likeness (QED) is 0.605. The van der Waals surface area contributed by atoms with Crippen LogP contribution in [0.3, 0.4) is 0 Å². The van der Waals surface area contributed by atoms with Crippen LogP contribution in [0.4, 0.5) is 26.2 Å². The van der Waals surface area contributed by atoms with Crippen LogP contribution in [-0.2, 0) is 0 Å². The van der Waals surface area contributed by atoms with Gasteiger partial charge in [-0.15, -0.1) is 0 Å². The molecule has 1 aliphatic heterocycles. The Morgan fingerprint density at radius 1 is 0.848 bits per heavy atom. The van der Waals surface area contributed by atoms with Crippen LogP contribution in [-0.4, -0.2) is 50.1 Å². The fourth-order valence-electron chi connectivity index (χ4n) is 3.75. The predicted molar refractivity (Wildman–Crippen MR) is 127 cm³/mol. The summed E-state index contributed by atoms with van der Waals surface area (Å²) < 4.78 is 18.8. The first-order valence-corrected chi connectivity index (χ1v) is 10.6. The summed E-state index contributed by atoms with van der Waals surface area (Å²) in [4.78, 5) is 29.2. The van der Waals surface area contributed by atoms with Crippen molar-refractivity contribution < 1.29 is 18.7 Å². The maximum atomic E-state index is 13.4. The molecule has 0 bridgehead atoms. The Labute approximate surface area is 191 Å². The van der Waals surface area contributed by atoms with E-state index in [1.165, 1.54) is 18.2 Å². The van der Waals surface area contributed by atoms with Gasteiger partial charge >= 0.3 is 6.03 Å². The van der Waals surface area contributed by atoms with Crippen LogP contribution in [0.1, 0.15) is 10.4 Å². The molecule has 3 amide bonds. The Morgan fingerprint density at radius 3 is 2.27 bits per heavy atom. The lowest BCUT2D eigenvalue weighted by Crippen LogP contribution is -2.50. The Hall–Kier alpha value is -4.07. The lowest BCUT2D eigenvalue weighted by Gasteiger charge is -2.36. The monoisotopic (exact) mass is 448 g/mol. The molecule has 8 heteroatoms. The molecule has 1 fully saturated rings. The molecule has 0 saturated carbocycles. The molecule has 0 aliphatic carbocycles. The third kappa shape index (κ3) is 5.41. The molecular weight excluding hydrogens is 423 g/mol. The summed E-state index contributed by atoms with van der Waals surface area (Å²) in [5.41, 5.74) is 2.25. The second-order valence-electron chi connectivity index (χ2n) is 7.62. The molecule has 3 aromatic carbocycles. The number of ether oxygens (including phenoxy) is 1. The molecule has 0 spiro atoms. The van der Waals surface area contributed by atoms with E-state index >= 15 is 0 Å². The number of carbonyl (C=O) groups excluding carboxylic acids is 2. The largest absolute Gasteiger partial charge is 0.495 e. The van der Waals surface area contributed by atoms with Crippen molar-refractivity contribution in [2.75, 3.05) is 48.8 Å². The van der Waals surface area contributed by atoms with E-state index in [9.17, 15) is 14.0 Å². The Morgan fingerprint density at radius 2 is 1.55 bits per heavy atom. The summed E-state index contributed by atoms with van der Waals surface area (Å²) >= 11 is 0. The number of anilines is 3. The fraction of sp³-hybridized carbons (Fsp3) is 0.200. The fourth-order valence-corrected chi connectivity index (χ4v) is 3.75. The topological polar surface area (TPSA) is 73.9 Å². The SMILES string of the molecule is COc1ccccc1N1CCN(C(=O)Nc2cccc(C(=O)Nc3cccc(F)c3)c2)CC1. The van der Waals surface area contributed by atoms with E-state index < -0.39 is 5.82 Å². The molecule has 170 valence electrons. The third-order valence-electron chi connectivity index (χ3n) is 5.45. The van der Waals surface area contributed by atoms with Crippen molar-refractivity contribution >= 4 is 29.0 Å². The first kappa shape index (κ1) is 22.1. The van der Waals surface area contributed by atoms with Crippen molar-refractivity contribution in [1.82, 2.24) is 4.90 Å². The molecule has 7 nitrogen and oxygen atoms in total. The maximum absolute atomic E-state index is 13.4. The van der Waals surface area contributed by atoms with Crippen LogP contribution in [0, 0.1) is 5.82 Å². The average molecular weight is 448 g/mol. The van der Waals surface area contributed by atoms with Crippen molar-refractivity contribution in [3.8, 4) is 5.75 Å². The van der Waals surface area contributed by atoms with Gasteiger partial charge < -0.3 is 25.2 Å². The van der Waals surface area contributed by atoms with Gasteiger partial charge in [0.1, 0.15) is 11.6 Å². The van der Waals surface area contributed by atoms with Crippen molar-refractivity contribution in [3.63, 3.8) is 0 Å². The van der Waals surface area contributed by atoms with E-state index in [2.05, 4.69) is 15.5 Å². The van der Waals surface area contributed by atoms with Crippen LogP contribution in [0.25, 0.3) is 0 Å². The highest BCUT2D eigenvalue weighted by Crippen LogP contribution is 2.28.